The summed E-state index contributed by atoms with van der Waals surface area (Å²) >= 11 is 0. The zero-order chi connectivity index (χ0) is 12.1. The zero-order valence-electron chi connectivity index (χ0n) is 11.8. The third kappa shape index (κ3) is 3.69. The highest BCUT2D eigenvalue weighted by atomic mass is 15.2. The lowest BCUT2D eigenvalue weighted by Crippen LogP contribution is -2.46. The second kappa shape index (κ2) is 6.75. The summed E-state index contributed by atoms with van der Waals surface area (Å²) in [6.45, 7) is 6.40. The quantitative estimate of drug-likeness (QED) is 0.810. The molecule has 0 spiro atoms. The van der Waals surface area contributed by atoms with Crippen LogP contribution in [0.15, 0.2) is 0 Å². The van der Waals surface area contributed by atoms with E-state index in [1.54, 1.807) is 0 Å². The van der Waals surface area contributed by atoms with E-state index in [-0.39, 0.29) is 0 Å². The molecule has 2 nitrogen and oxygen atoms in total. The minimum absolute atomic E-state index is 0.911. The number of nitrogens with one attached hydrogen (secondary N) is 1. The Labute approximate surface area is 107 Å². The fourth-order valence-electron chi connectivity index (χ4n) is 3.76. The van der Waals surface area contributed by atoms with Gasteiger partial charge in [-0.15, -0.1) is 0 Å². The third-order valence-electron chi connectivity index (χ3n) is 4.99. The number of piperidine rings is 1. The van der Waals surface area contributed by atoms with Gasteiger partial charge in [-0.25, -0.2) is 0 Å². The van der Waals surface area contributed by atoms with Crippen LogP contribution in [0.2, 0.25) is 0 Å². The van der Waals surface area contributed by atoms with E-state index in [0.717, 1.165) is 17.9 Å². The minimum Gasteiger partial charge on any atom is -0.320 e. The van der Waals surface area contributed by atoms with E-state index in [4.69, 9.17) is 0 Å². The van der Waals surface area contributed by atoms with Crippen LogP contribution in [0.5, 0.6) is 0 Å². The molecule has 0 radical (unpaired) electrons. The van der Waals surface area contributed by atoms with Crippen molar-refractivity contribution in [1.29, 1.82) is 0 Å². The fraction of sp³-hybridized carbons (Fsp3) is 1.00. The van der Waals surface area contributed by atoms with Gasteiger partial charge in [0.25, 0.3) is 0 Å². The van der Waals surface area contributed by atoms with Crippen LogP contribution in [0.1, 0.15) is 51.9 Å². The first-order valence-electron chi connectivity index (χ1n) is 7.70. The number of rotatable bonds is 4. The lowest BCUT2D eigenvalue weighted by Gasteiger charge is -2.42. The summed E-state index contributed by atoms with van der Waals surface area (Å²) in [7, 11) is 2.07. The molecule has 2 atom stereocenters. The molecular formula is C15H30N2. The zero-order valence-corrected chi connectivity index (χ0v) is 11.8. The molecule has 17 heavy (non-hydrogen) atoms. The molecule has 2 aliphatic rings. The molecule has 1 aliphatic heterocycles. The Kier molecular flexibility index (Phi) is 5.30. The second-order valence-corrected chi connectivity index (χ2v) is 6.20. The predicted octanol–water partition coefficient (Wildman–Crippen LogP) is 2.89. The van der Waals surface area contributed by atoms with Crippen molar-refractivity contribution in [2.24, 2.45) is 11.8 Å². The first-order valence-corrected chi connectivity index (χ1v) is 7.70. The number of hydrogen-bond donors (Lipinski definition) is 1. The van der Waals surface area contributed by atoms with Crippen molar-refractivity contribution >= 4 is 0 Å². The standard InChI is InChI=1S/C15H30N2/c1-13-5-3-4-6-15(13)17-11-8-14(9-12-17)7-10-16-2/h13-16H,3-12H2,1-2H3. The molecule has 0 aromatic heterocycles. The predicted molar refractivity (Wildman–Crippen MR) is 74.3 cm³/mol. The summed E-state index contributed by atoms with van der Waals surface area (Å²) in [4.78, 5) is 2.81. The fourth-order valence-corrected chi connectivity index (χ4v) is 3.76. The highest BCUT2D eigenvalue weighted by Crippen LogP contribution is 2.31. The van der Waals surface area contributed by atoms with Gasteiger partial charge in [-0.1, -0.05) is 19.8 Å². The van der Waals surface area contributed by atoms with Gasteiger partial charge in [0.2, 0.25) is 0 Å². The van der Waals surface area contributed by atoms with Crippen LogP contribution in [-0.2, 0) is 0 Å². The van der Waals surface area contributed by atoms with Crippen molar-refractivity contribution in [2.45, 2.75) is 57.9 Å². The van der Waals surface area contributed by atoms with Crippen molar-refractivity contribution in [2.75, 3.05) is 26.7 Å². The topological polar surface area (TPSA) is 15.3 Å². The van der Waals surface area contributed by atoms with E-state index in [1.165, 1.54) is 64.6 Å². The maximum Gasteiger partial charge on any atom is 0.0121 e. The summed E-state index contributed by atoms with van der Waals surface area (Å²) in [6, 6.07) is 0.911. The van der Waals surface area contributed by atoms with Gasteiger partial charge in [0.15, 0.2) is 0 Å². The van der Waals surface area contributed by atoms with Gasteiger partial charge in [-0.3, -0.25) is 0 Å². The molecule has 1 heterocycles. The Balaban J connectivity index is 1.74. The van der Waals surface area contributed by atoms with Crippen molar-refractivity contribution in [1.82, 2.24) is 10.2 Å². The molecular weight excluding hydrogens is 208 g/mol. The summed E-state index contributed by atoms with van der Waals surface area (Å²) in [5, 5.41) is 3.28. The molecule has 1 saturated heterocycles. The highest BCUT2D eigenvalue weighted by molar-refractivity contribution is 4.84. The van der Waals surface area contributed by atoms with Gasteiger partial charge >= 0.3 is 0 Å². The lowest BCUT2D eigenvalue weighted by atomic mass is 9.83. The van der Waals surface area contributed by atoms with Gasteiger partial charge < -0.3 is 10.2 Å². The first-order chi connectivity index (χ1) is 8.31. The normalized spacial score (nSPS) is 32.8. The summed E-state index contributed by atoms with van der Waals surface area (Å²) < 4.78 is 0. The van der Waals surface area contributed by atoms with Gasteiger partial charge in [0.05, 0.1) is 0 Å². The van der Waals surface area contributed by atoms with E-state index in [1.807, 2.05) is 0 Å². The Morgan fingerprint density at radius 3 is 2.41 bits per heavy atom. The number of hydrogen-bond acceptors (Lipinski definition) is 2. The first kappa shape index (κ1) is 13.4. The largest absolute Gasteiger partial charge is 0.320 e. The lowest BCUT2D eigenvalue weighted by molar-refractivity contribution is 0.0730. The minimum atomic E-state index is 0.911. The monoisotopic (exact) mass is 238 g/mol. The Morgan fingerprint density at radius 2 is 1.76 bits per heavy atom. The van der Waals surface area contributed by atoms with E-state index < -0.39 is 0 Å². The van der Waals surface area contributed by atoms with Crippen LogP contribution in [0.25, 0.3) is 0 Å². The summed E-state index contributed by atoms with van der Waals surface area (Å²) in [6.07, 6.45) is 10.1. The van der Waals surface area contributed by atoms with Gasteiger partial charge in [0, 0.05) is 6.04 Å². The van der Waals surface area contributed by atoms with Crippen molar-refractivity contribution in [3.63, 3.8) is 0 Å². The maximum atomic E-state index is 3.28. The van der Waals surface area contributed by atoms with Gasteiger partial charge in [0.1, 0.15) is 0 Å². The van der Waals surface area contributed by atoms with Crippen molar-refractivity contribution in [3.8, 4) is 0 Å². The molecule has 2 heteroatoms. The van der Waals surface area contributed by atoms with E-state index in [0.29, 0.717) is 0 Å². The molecule has 2 unspecified atom stereocenters. The third-order valence-corrected chi connectivity index (χ3v) is 4.99. The van der Waals surface area contributed by atoms with Gasteiger partial charge in [-0.2, -0.15) is 0 Å². The molecule has 0 bridgehead atoms. The molecule has 2 fully saturated rings. The molecule has 0 aromatic rings. The van der Waals surface area contributed by atoms with Crippen LogP contribution in [0.4, 0.5) is 0 Å². The average molecular weight is 238 g/mol. The highest BCUT2D eigenvalue weighted by Gasteiger charge is 2.29. The van der Waals surface area contributed by atoms with Crippen molar-refractivity contribution < 1.29 is 0 Å². The Morgan fingerprint density at radius 1 is 1.06 bits per heavy atom. The second-order valence-electron chi connectivity index (χ2n) is 6.20. The molecule has 0 amide bonds. The molecule has 1 saturated carbocycles. The maximum absolute atomic E-state index is 3.28. The van der Waals surface area contributed by atoms with E-state index in [2.05, 4.69) is 24.2 Å². The molecule has 2 rings (SSSR count). The van der Waals surface area contributed by atoms with Crippen LogP contribution < -0.4 is 5.32 Å². The average Bonchev–Trinajstić information content (AvgIpc) is 2.38. The summed E-state index contributed by atoms with van der Waals surface area (Å²) in [5.41, 5.74) is 0. The molecule has 1 N–H and O–H groups in total. The number of likely N-dealkylation sites (tertiary alicyclic amines) is 1. The Bertz CT molecular complexity index is 209. The van der Waals surface area contributed by atoms with E-state index in [9.17, 15) is 0 Å². The smallest absolute Gasteiger partial charge is 0.0121 e. The molecule has 1 aliphatic carbocycles. The van der Waals surface area contributed by atoms with Crippen molar-refractivity contribution in [3.05, 3.63) is 0 Å². The van der Waals surface area contributed by atoms with Gasteiger partial charge in [-0.05, 0) is 70.6 Å². The van der Waals surface area contributed by atoms with Crippen LogP contribution >= 0.6 is 0 Å². The molecule has 100 valence electrons. The summed E-state index contributed by atoms with van der Waals surface area (Å²) in [5.74, 6) is 1.93. The number of nitrogens with zero attached hydrogens (tertiary/aromatic N) is 1. The van der Waals surface area contributed by atoms with Crippen LogP contribution in [0.3, 0.4) is 0 Å². The van der Waals surface area contributed by atoms with Crippen LogP contribution in [-0.4, -0.2) is 37.6 Å². The molecule has 0 aromatic carbocycles. The Hall–Kier alpha value is -0.0800. The van der Waals surface area contributed by atoms with E-state index >= 15 is 0 Å². The van der Waals surface area contributed by atoms with Crippen LogP contribution in [0, 0.1) is 11.8 Å². The SMILES string of the molecule is CNCCC1CCN(C2CCCCC2C)CC1.